The maximum Gasteiger partial charge on any atom is 0.416 e. The third-order valence-corrected chi connectivity index (χ3v) is 4.92. The molecule has 1 heterocycles. The van der Waals surface area contributed by atoms with E-state index in [0.717, 1.165) is 34.8 Å². The molecule has 1 N–H and O–H groups in total. The molecule has 0 fully saturated rings. The van der Waals surface area contributed by atoms with Gasteiger partial charge in [0, 0.05) is 10.0 Å². The average molecular weight is 488 g/mol. The highest BCUT2D eigenvalue weighted by molar-refractivity contribution is 9.10. The maximum absolute atomic E-state index is 14.7. The van der Waals surface area contributed by atoms with E-state index >= 15 is 0 Å². The van der Waals surface area contributed by atoms with E-state index < -0.39 is 23.8 Å². The van der Waals surface area contributed by atoms with Crippen molar-refractivity contribution < 1.29 is 31.6 Å². The minimum Gasteiger partial charge on any atom is -0.381 e. The Morgan fingerprint density at radius 1 is 1.00 bits per heavy atom. The number of aryl methyl sites for hydroxylation is 1. The summed E-state index contributed by atoms with van der Waals surface area (Å²) in [5.74, 6) is -3.72. The molecule has 0 radical (unpaired) electrons. The number of benzene rings is 2. The molecule has 3 aromatic rings. The van der Waals surface area contributed by atoms with Gasteiger partial charge in [-0.2, -0.15) is 22.0 Å². The Balaban J connectivity index is 1.87. The van der Waals surface area contributed by atoms with Crippen LogP contribution in [0.4, 0.5) is 22.0 Å². The Morgan fingerprint density at radius 3 is 2.17 bits per heavy atom. The van der Waals surface area contributed by atoms with E-state index in [2.05, 4.69) is 21.1 Å². The van der Waals surface area contributed by atoms with Gasteiger partial charge in [0.1, 0.15) is 0 Å². The Labute approximate surface area is 177 Å². The summed E-state index contributed by atoms with van der Waals surface area (Å²) in [5, 5.41) is 14.1. The summed E-state index contributed by atoms with van der Waals surface area (Å²) in [6.45, 7) is 1.43. The molecule has 0 saturated heterocycles. The number of aromatic nitrogens is 1. The molecule has 1 aromatic heterocycles. The zero-order chi connectivity index (χ0) is 22.1. The molecule has 9 heteroatoms. The third kappa shape index (κ3) is 4.79. The van der Waals surface area contributed by atoms with Gasteiger partial charge in [0.2, 0.25) is 0 Å². The number of alkyl halides is 5. The van der Waals surface area contributed by atoms with Crippen LogP contribution in [0.3, 0.4) is 0 Å². The predicted octanol–water partition coefficient (Wildman–Crippen LogP) is 6.81. The Kier molecular flexibility index (Phi) is 6.14. The molecule has 0 amide bonds. The van der Waals surface area contributed by atoms with Crippen LogP contribution in [0, 0.1) is 6.92 Å². The van der Waals surface area contributed by atoms with E-state index in [0.29, 0.717) is 11.6 Å². The van der Waals surface area contributed by atoms with Gasteiger partial charge in [-0.25, -0.2) is 0 Å². The van der Waals surface area contributed by atoms with Crippen molar-refractivity contribution in [1.82, 2.24) is 5.16 Å². The molecule has 0 aliphatic heterocycles. The van der Waals surface area contributed by atoms with Gasteiger partial charge in [0.15, 0.2) is 11.9 Å². The average Bonchev–Trinajstić information content (AvgIpc) is 3.07. The molecule has 3 nitrogen and oxygen atoms in total. The fourth-order valence-corrected chi connectivity index (χ4v) is 3.05. The van der Waals surface area contributed by atoms with Crippen LogP contribution in [0.5, 0.6) is 0 Å². The molecular formula is C21H15BrF5NO2. The van der Waals surface area contributed by atoms with Crippen LogP contribution in [0.15, 0.2) is 63.6 Å². The van der Waals surface area contributed by atoms with Crippen LogP contribution < -0.4 is 0 Å². The van der Waals surface area contributed by atoms with Crippen molar-refractivity contribution in [1.29, 1.82) is 0 Å². The van der Waals surface area contributed by atoms with Crippen molar-refractivity contribution in [2.75, 3.05) is 0 Å². The predicted molar refractivity (Wildman–Crippen MR) is 105 cm³/mol. The topological polar surface area (TPSA) is 46.3 Å². The van der Waals surface area contributed by atoms with Gasteiger partial charge in [-0.05, 0) is 42.8 Å². The molecule has 1 unspecified atom stereocenters. The maximum atomic E-state index is 14.7. The van der Waals surface area contributed by atoms with Gasteiger partial charge in [0.05, 0.1) is 16.8 Å². The molecule has 0 saturated carbocycles. The molecular weight excluding hydrogens is 473 g/mol. The van der Waals surface area contributed by atoms with Gasteiger partial charge in [0.25, 0.3) is 5.92 Å². The number of rotatable bonds is 5. The summed E-state index contributed by atoms with van der Waals surface area (Å²) in [4.78, 5) is 0. The van der Waals surface area contributed by atoms with E-state index in [1.807, 2.05) is 0 Å². The van der Waals surface area contributed by atoms with Crippen LogP contribution in [0.25, 0.3) is 17.4 Å². The fraction of sp³-hybridized carbons (Fsp3) is 0.190. The zero-order valence-corrected chi connectivity index (χ0v) is 17.0. The summed E-state index contributed by atoms with van der Waals surface area (Å²) < 4.78 is 73.1. The van der Waals surface area contributed by atoms with Crippen molar-refractivity contribution in [3.63, 3.8) is 0 Å². The number of halogens is 6. The zero-order valence-electron chi connectivity index (χ0n) is 15.4. The second-order valence-corrected chi connectivity index (χ2v) is 7.46. The number of hydrogen-bond acceptors (Lipinski definition) is 3. The largest absolute Gasteiger partial charge is 0.416 e. The third-order valence-electron chi connectivity index (χ3n) is 4.39. The van der Waals surface area contributed by atoms with Gasteiger partial charge < -0.3 is 9.63 Å². The summed E-state index contributed by atoms with van der Waals surface area (Å²) in [6, 6.07) is 10.3. The van der Waals surface area contributed by atoms with Gasteiger partial charge in [-0.1, -0.05) is 51.4 Å². The lowest BCUT2D eigenvalue weighted by Crippen LogP contribution is -2.24. The molecule has 0 bridgehead atoms. The fourth-order valence-electron chi connectivity index (χ4n) is 2.78. The lowest BCUT2D eigenvalue weighted by Gasteiger charge is -2.19. The van der Waals surface area contributed by atoms with E-state index in [-0.39, 0.29) is 22.6 Å². The number of nitrogens with zero attached hydrogens (tertiary/aromatic N) is 1. The molecule has 2 aromatic carbocycles. The van der Waals surface area contributed by atoms with E-state index in [1.54, 1.807) is 24.3 Å². The lowest BCUT2D eigenvalue weighted by atomic mass is 9.97. The van der Waals surface area contributed by atoms with Gasteiger partial charge in [-0.15, -0.1) is 0 Å². The van der Waals surface area contributed by atoms with Crippen molar-refractivity contribution in [2.45, 2.75) is 25.1 Å². The van der Waals surface area contributed by atoms with Crippen molar-refractivity contribution >= 4 is 22.0 Å². The van der Waals surface area contributed by atoms with Crippen molar-refractivity contribution in [2.24, 2.45) is 0 Å². The van der Waals surface area contributed by atoms with E-state index in [1.165, 1.54) is 6.92 Å². The first-order valence-electron chi connectivity index (χ1n) is 8.63. The summed E-state index contributed by atoms with van der Waals surface area (Å²) in [6.07, 6.45) is -5.39. The second kappa shape index (κ2) is 8.31. The lowest BCUT2D eigenvalue weighted by molar-refractivity contribution is -0.137. The van der Waals surface area contributed by atoms with Crippen LogP contribution in [-0.4, -0.2) is 16.2 Å². The number of hydrogen-bond donors (Lipinski definition) is 1. The number of aliphatic hydroxyl groups excluding tert-OH is 1. The van der Waals surface area contributed by atoms with E-state index in [9.17, 15) is 27.1 Å². The van der Waals surface area contributed by atoms with Crippen molar-refractivity contribution in [3.05, 3.63) is 81.5 Å². The Hall–Kier alpha value is -2.52. The molecule has 0 aliphatic carbocycles. The van der Waals surface area contributed by atoms with E-state index in [4.69, 9.17) is 4.52 Å². The van der Waals surface area contributed by atoms with Crippen LogP contribution in [-0.2, 0) is 6.18 Å². The highest BCUT2D eigenvalue weighted by Crippen LogP contribution is 2.40. The molecule has 30 heavy (non-hydrogen) atoms. The summed E-state index contributed by atoms with van der Waals surface area (Å²) in [5.41, 5.74) is -0.367. The van der Waals surface area contributed by atoms with Gasteiger partial charge in [-0.3, -0.25) is 0 Å². The quantitative estimate of drug-likeness (QED) is 0.402. The normalized spacial score (nSPS) is 13.7. The molecule has 158 valence electrons. The minimum absolute atomic E-state index is 0.00936. The monoisotopic (exact) mass is 487 g/mol. The van der Waals surface area contributed by atoms with Crippen LogP contribution in [0.1, 0.15) is 28.5 Å². The smallest absolute Gasteiger partial charge is 0.381 e. The number of aliphatic hydroxyl groups is 1. The first kappa shape index (κ1) is 22.2. The molecule has 0 aliphatic rings. The molecule has 0 spiro atoms. The minimum atomic E-state index is -4.52. The SMILES string of the molecule is Cc1noc(-c2ccc(Br)cc2)c1C(O)C(F)(F)/C=C/c1ccc(C(F)(F)F)cc1. The Bertz CT molecular complexity index is 1040. The highest BCUT2D eigenvalue weighted by Gasteiger charge is 2.41. The van der Waals surface area contributed by atoms with Crippen LogP contribution >= 0.6 is 15.9 Å². The van der Waals surface area contributed by atoms with Gasteiger partial charge >= 0.3 is 6.18 Å². The van der Waals surface area contributed by atoms with Crippen LogP contribution in [0.2, 0.25) is 0 Å². The first-order chi connectivity index (χ1) is 14.0. The second-order valence-electron chi connectivity index (χ2n) is 6.55. The summed E-state index contributed by atoms with van der Waals surface area (Å²) >= 11 is 3.27. The summed E-state index contributed by atoms with van der Waals surface area (Å²) in [7, 11) is 0. The highest BCUT2D eigenvalue weighted by atomic mass is 79.9. The standard InChI is InChI=1S/C21H15BrF5NO2/c1-12-17(18(30-28-12)14-4-8-16(22)9-5-14)19(29)20(23,24)11-10-13-2-6-15(7-3-13)21(25,26)27/h2-11,19,29H,1H3/b11-10+. The first-order valence-corrected chi connectivity index (χ1v) is 9.43. The van der Waals surface area contributed by atoms with Crippen molar-refractivity contribution in [3.8, 4) is 11.3 Å². The Morgan fingerprint density at radius 2 is 1.60 bits per heavy atom. The molecule has 3 rings (SSSR count). The molecule has 1 atom stereocenters.